The summed E-state index contributed by atoms with van der Waals surface area (Å²) in [4.78, 5) is 11.4. The van der Waals surface area contributed by atoms with Crippen LogP contribution in [0.4, 0.5) is 4.79 Å². The smallest absolute Gasteiger partial charge is 0.407 e. The Hall–Kier alpha value is -1.22. The van der Waals surface area contributed by atoms with E-state index >= 15 is 0 Å². The largest absolute Gasteiger partial charge is 0.444 e. The number of benzene rings is 1. The first-order valence-electron chi connectivity index (χ1n) is 5.41. The number of carbonyl (C=O) groups is 1. The molecule has 0 aromatic heterocycles. The summed E-state index contributed by atoms with van der Waals surface area (Å²) in [6, 6.07) is 6.62. The number of ether oxygens (including phenoxy) is 1. The zero-order chi connectivity index (χ0) is 13.1. The first-order valence-corrected chi connectivity index (χ1v) is 5.79. The van der Waals surface area contributed by atoms with E-state index < -0.39 is 11.7 Å². The summed E-state index contributed by atoms with van der Waals surface area (Å²) in [7, 11) is 0. The van der Waals surface area contributed by atoms with Crippen molar-refractivity contribution in [1.82, 2.24) is 5.32 Å². The molecular weight excluding hydrogens is 238 g/mol. The second-order valence-corrected chi connectivity index (χ2v) is 5.25. The lowest BCUT2D eigenvalue weighted by Gasteiger charge is -2.19. The number of alkyl carbamates (subject to hydrolysis) is 1. The molecule has 3 nitrogen and oxygen atoms in total. The molecule has 0 aliphatic heterocycles. The van der Waals surface area contributed by atoms with Gasteiger partial charge in [-0.05, 0) is 57.0 Å². The van der Waals surface area contributed by atoms with Crippen molar-refractivity contribution in [2.24, 2.45) is 0 Å². The molecule has 93 valence electrons. The topological polar surface area (TPSA) is 38.3 Å². The molecule has 1 aromatic carbocycles. The molecule has 0 atom stereocenters. The molecular formula is C13H17ClNO2. The van der Waals surface area contributed by atoms with E-state index in [1.165, 1.54) is 0 Å². The number of nitrogens with one attached hydrogen (secondary N) is 1. The number of amides is 1. The van der Waals surface area contributed by atoms with Crippen LogP contribution in [-0.4, -0.2) is 11.7 Å². The van der Waals surface area contributed by atoms with Gasteiger partial charge in [-0.1, -0.05) is 11.6 Å². The standard InChI is InChI=1S/C13H17ClNO2/c1-9-5-6-10(11(14)7-9)8-15-12(16)17-13(2,3)4/h6-7H,8H2,1-4H3,(H,15,16). The average molecular weight is 255 g/mol. The number of halogens is 1. The highest BCUT2D eigenvalue weighted by molar-refractivity contribution is 6.31. The van der Waals surface area contributed by atoms with Crippen LogP contribution >= 0.6 is 11.6 Å². The van der Waals surface area contributed by atoms with Crippen molar-refractivity contribution in [3.05, 3.63) is 34.3 Å². The molecule has 1 radical (unpaired) electrons. The van der Waals surface area contributed by atoms with Crippen molar-refractivity contribution in [3.8, 4) is 0 Å². The Morgan fingerprint density at radius 2 is 2.18 bits per heavy atom. The highest BCUT2D eigenvalue weighted by Gasteiger charge is 2.15. The van der Waals surface area contributed by atoms with Gasteiger partial charge in [0.25, 0.3) is 0 Å². The Bertz CT molecular complexity index is 410. The number of rotatable bonds is 2. The molecule has 0 unspecified atom stereocenters. The maximum atomic E-state index is 11.4. The highest BCUT2D eigenvalue weighted by Crippen LogP contribution is 2.17. The van der Waals surface area contributed by atoms with Crippen molar-refractivity contribution in [2.75, 3.05) is 0 Å². The fourth-order valence-corrected chi connectivity index (χ4v) is 1.50. The van der Waals surface area contributed by atoms with Gasteiger partial charge in [0.1, 0.15) is 5.60 Å². The third-order valence-corrected chi connectivity index (χ3v) is 2.30. The average Bonchev–Trinajstić information content (AvgIpc) is 2.13. The number of hydrogen-bond acceptors (Lipinski definition) is 2. The Balaban J connectivity index is 2.53. The summed E-state index contributed by atoms with van der Waals surface area (Å²) in [6.45, 7) is 7.71. The van der Waals surface area contributed by atoms with Gasteiger partial charge in [-0.3, -0.25) is 0 Å². The summed E-state index contributed by atoms with van der Waals surface area (Å²) >= 11 is 6.03. The molecule has 1 aromatic rings. The molecule has 0 aliphatic rings. The Morgan fingerprint density at radius 3 is 2.71 bits per heavy atom. The fraction of sp³-hybridized carbons (Fsp3) is 0.462. The van der Waals surface area contributed by atoms with Crippen LogP contribution in [0, 0.1) is 13.0 Å². The molecule has 0 bridgehead atoms. The third kappa shape index (κ3) is 5.09. The molecule has 0 fully saturated rings. The van der Waals surface area contributed by atoms with Gasteiger partial charge in [0.2, 0.25) is 0 Å². The van der Waals surface area contributed by atoms with E-state index in [-0.39, 0.29) is 0 Å². The lowest BCUT2D eigenvalue weighted by molar-refractivity contribution is 0.0523. The minimum Gasteiger partial charge on any atom is -0.444 e. The van der Waals surface area contributed by atoms with Gasteiger partial charge >= 0.3 is 6.09 Å². The summed E-state index contributed by atoms with van der Waals surface area (Å²) in [5.74, 6) is 0. The zero-order valence-corrected chi connectivity index (χ0v) is 11.3. The van der Waals surface area contributed by atoms with Gasteiger partial charge in [-0.2, -0.15) is 0 Å². The molecule has 0 saturated carbocycles. The molecule has 0 aliphatic carbocycles. The second-order valence-electron chi connectivity index (χ2n) is 4.84. The lowest BCUT2D eigenvalue weighted by Crippen LogP contribution is -2.32. The van der Waals surface area contributed by atoms with E-state index in [1.807, 2.05) is 33.8 Å². The van der Waals surface area contributed by atoms with Crippen LogP contribution in [0.1, 0.15) is 31.9 Å². The lowest BCUT2D eigenvalue weighted by atomic mass is 10.1. The van der Waals surface area contributed by atoms with Gasteiger partial charge in [0.05, 0.1) is 0 Å². The number of carbonyl (C=O) groups excluding carboxylic acids is 1. The van der Waals surface area contributed by atoms with E-state index in [0.29, 0.717) is 11.6 Å². The van der Waals surface area contributed by atoms with E-state index in [9.17, 15) is 4.79 Å². The number of aryl methyl sites for hydroxylation is 1. The van der Waals surface area contributed by atoms with E-state index in [1.54, 1.807) is 6.07 Å². The third-order valence-electron chi connectivity index (χ3n) is 1.95. The molecule has 1 rings (SSSR count). The number of hydrogen-bond donors (Lipinski definition) is 1. The van der Waals surface area contributed by atoms with Crippen LogP contribution in [-0.2, 0) is 11.3 Å². The van der Waals surface area contributed by atoms with Gasteiger partial charge < -0.3 is 10.1 Å². The first kappa shape index (κ1) is 13.8. The first-order chi connectivity index (χ1) is 7.78. The predicted octanol–water partition coefficient (Wildman–Crippen LogP) is 3.47. The van der Waals surface area contributed by atoms with Crippen LogP contribution in [0.3, 0.4) is 0 Å². The Kier molecular flexibility index (Phi) is 4.40. The predicted molar refractivity (Wildman–Crippen MR) is 68.1 cm³/mol. The second kappa shape index (κ2) is 5.41. The minimum absolute atomic E-state index is 0.338. The molecule has 1 N–H and O–H groups in total. The quantitative estimate of drug-likeness (QED) is 0.878. The Labute approximate surface area is 107 Å². The SMILES string of the molecule is Cc1[c]cc(CNC(=O)OC(C)(C)C)c(Cl)c1. The maximum absolute atomic E-state index is 11.4. The van der Waals surface area contributed by atoms with Crippen LogP contribution in [0.2, 0.25) is 5.02 Å². The van der Waals surface area contributed by atoms with Gasteiger partial charge in [0, 0.05) is 11.6 Å². The monoisotopic (exact) mass is 254 g/mol. The molecule has 17 heavy (non-hydrogen) atoms. The molecule has 0 saturated heterocycles. The van der Waals surface area contributed by atoms with Crippen LogP contribution < -0.4 is 5.32 Å². The van der Waals surface area contributed by atoms with Crippen molar-refractivity contribution >= 4 is 17.7 Å². The van der Waals surface area contributed by atoms with Crippen molar-refractivity contribution in [1.29, 1.82) is 0 Å². The molecule has 1 amide bonds. The molecule has 4 heteroatoms. The summed E-state index contributed by atoms with van der Waals surface area (Å²) in [5, 5.41) is 3.27. The van der Waals surface area contributed by atoms with Crippen LogP contribution in [0.15, 0.2) is 12.1 Å². The molecule has 0 spiro atoms. The molecule has 0 heterocycles. The minimum atomic E-state index is -0.493. The van der Waals surface area contributed by atoms with Crippen molar-refractivity contribution in [3.63, 3.8) is 0 Å². The van der Waals surface area contributed by atoms with Gasteiger partial charge in [-0.25, -0.2) is 4.79 Å². The summed E-state index contributed by atoms with van der Waals surface area (Å²) in [6.07, 6.45) is -0.450. The van der Waals surface area contributed by atoms with Crippen LogP contribution in [0.25, 0.3) is 0 Å². The summed E-state index contributed by atoms with van der Waals surface area (Å²) in [5.41, 5.74) is 1.30. The Morgan fingerprint density at radius 1 is 1.53 bits per heavy atom. The van der Waals surface area contributed by atoms with Crippen molar-refractivity contribution in [2.45, 2.75) is 39.8 Å². The zero-order valence-electron chi connectivity index (χ0n) is 10.6. The normalized spacial score (nSPS) is 11.1. The fourth-order valence-electron chi connectivity index (χ4n) is 1.21. The summed E-state index contributed by atoms with van der Waals surface area (Å²) < 4.78 is 5.12. The van der Waals surface area contributed by atoms with Gasteiger partial charge in [-0.15, -0.1) is 0 Å². The van der Waals surface area contributed by atoms with Crippen molar-refractivity contribution < 1.29 is 9.53 Å². The van der Waals surface area contributed by atoms with Gasteiger partial charge in [0.15, 0.2) is 0 Å². The van der Waals surface area contributed by atoms with Crippen LogP contribution in [0.5, 0.6) is 0 Å². The maximum Gasteiger partial charge on any atom is 0.407 e. The van der Waals surface area contributed by atoms with E-state index in [2.05, 4.69) is 11.4 Å². The highest BCUT2D eigenvalue weighted by atomic mass is 35.5. The van der Waals surface area contributed by atoms with E-state index in [0.717, 1.165) is 11.1 Å². The van der Waals surface area contributed by atoms with E-state index in [4.69, 9.17) is 16.3 Å².